The van der Waals surface area contributed by atoms with Gasteiger partial charge in [-0.2, -0.15) is 0 Å². The van der Waals surface area contributed by atoms with Gasteiger partial charge in [-0.1, -0.05) is 27.7 Å². The van der Waals surface area contributed by atoms with E-state index in [9.17, 15) is 9.59 Å². The van der Waals surface area contributed by atoms with Crippen LogP contribution in [0, 0.1) is 29.1 Å². The second kappa shape index (κ2) is 4.22. The monoisotopic (exact) mass is 236 g/mol. The molecule has 2 heteroatoms. The lowest BCUT2D eigenvalue weighted by Gasteiger charge is -2.15. The smallest absolute Gasteiger partial charge is 0.139 e. The van der Waals surface area contributed by atoms with Crippen molar-refractivity contribution in [3.63, 3.8) is 0 Å². The Balaban J connectivity index is 2.14. The molecular formula is C15H24O2. The average molecular weight is 236 g/mol. The summed E-state index contributed by atoms with van der Waals surface area (Å²) in [5.41, 5.74) is 0.179. The molecule has 2 fully saturated rings. The van der Waals surface area contributed by atoms with Gasteiger partial charge in [0.1, 0.15) is 11.6 Å². The highest BCUT2D eigenvalue weighted by molar-refractivity contribution is 5.88. The summed E-state index contributed by atoms with van der Waals surface area (Å²) in [5.74, 6) is 1.79. The number of ketones is 2. The van der Waals surface area contributed by atoms with Gasteiger partial charge in [0.05, 0.1) is 0 Å². The molecule has 0 aromatic carbocycles. The zero-order valence-corrected chi connectivity index (χ0v) is 11.5. The number of carbonyl (C=O) groups excluding carboxylic acids is 2. The average Bonchev–Trinajstić information content (AvgIpc) is 2.82. The summed E-state index contributed by atoms with van der Waals surface area (Å²) in [6.45, 7) is 8.45. The summed E-state index contributed by atoms with van der Waals surface area (Å²) >= 11 is 0. The molecule has 0 saturated heterocycles. The van der Waals surface area contributed by atoms with Crippen LogP contribution in [0.5, 0.6) is 0 Å². The van der Waals surface area contributed by atoms with Crippen LogP contribution < -0.4 is 0 Å². The lowest BCUT2D eigenvalue weighted by atomic mass is 9.88. The Bertz CT molecular complexity index is 343. The van der Waals surface area contributed by atoms with Gasteiger partial charge in [0.25, 0.3) is 0 Å². The maximum absolute atomic E-state index is 12.3. The van der Waals surface area contributed by atoms with E-state index in [4.69, 9.17) is 0 Å². The first-order valence-corrected chi connectivity index (χ1v) is 6.92. The Morgan fingerprint density at radius 1 is 1.00 bits per heavy atom. The molecule has 0 radical (unpaired) electrons. The normalized spacial score (nSPS) is 41.9. The van der Waals surface area contributed by atoms with Crippen LogP contribution in [0.1, 0.15) is 53.4 Å². The van der Waals surface area contributed by atoms with Gasteiger partial charge in [0.15, 0.2) is 0 Å². The molecule has 0 aromatic heterocycles. The highest BCUT2D eigenvalue weighted by Crippen LogP contribution is 2.62. The van der Waals surface area contributed by atoms with Crippen molar-refractivity contribution < 1.29 is 9.59 Å². The van der Waals surface area contributed by atoms with E-state index in [0.29, 0.717) is 23.9 Å². The number of fused-ring (bicyclic) bond motifs is 1. The molecule has 96 valence electrons. The van der Waals surface area contributed by atoms with Gasteiger partial charge in [-0.05, 0) is 30.6 Å². The molecule has 0 N–H and O–H groups in total. The molecule has 17 heavy (non-hydrogen) atoms. The molecule has 2 rings (SSSR count). The fourth-order valence-electron chi connectivity index (χ4n) is 3.49. The quantitative estimate of drug-likeness (QED) is 0.647. The molecule has 0 unspecified atom stereocenters. The molecule has 2 nitrogen and oxygen atoms in total. The van der Waals surface area contributed by atoms with E-state index in [1.807, 2.05) is 13.8 Å². The summed E-state index contributed by atoms with van der Waals surface area (Å²) in [5, 5.41) is 0. The van der Waals surface area contributed by atoms with Crippen molar-refractivity contribution in [2.75, 3.05) is 0 Å². The fraction of sp³-hybridized carbons (Fsp3) is 0.867. The van der Waals surface area contributed by atoms with E-state index in [-0.39, 0.29) is 23.2 Å². The molecule has 0 heterocycles. The van der Waals surface area contributed by atoms with Crippen LogP contribution in [0.3, 0.4) is 0 Å². The van der Waals surface area contributed by atoms with E-state index in [2.05, 4.69) is 13.8 Å². The Kier molecular flexibility index (Phi) is 3.17. The minimum atomic E-state index is 0.0681. The van der Waals surface area contributed by atoms with Crippen LogP contribution in [0.15, 0.2) is 0 Å². The summed E-state index contributed by atoms with van der Waals surface area (Å²) in [4.78, 5) is 24.2. The van der Waals surface area contributed by atoms with E-state index in [1.54, 1.807) is 0 Å². The van der Waals surface area contributed by atoms with Crippen LogP contribution in [0.4, 0.5) is 0 Å². The topological polar surface area (TPSA) is 34.1 Å². The van der Waals surface area contributed by atoms with Crippen molar-refractivity contribution in [1.29, 1.82) is 0 Å². The highest BCUT2D eigenvalue weighted by atomic mass is 16.1. The lowest BCUT2D eigenvalue weighted by molar-refractivity contribution is -0.126. The van der Waals surface area contributed by atoms with E-state index in [1.165, 1.54) is 0 Å². The van der Waals surface area contributed by atoms with Gasteiger partial charge in [0.2, 0.25) is 0 Å². The first kappa shape index (κ1) is 12.8. The summed E-state index contributed by atoms with van der Waals surface area (Å²) in [6, 6.07) is 0. The second-order valence-corrected chi connectivity index (χ2v) is 6.69. The van der Waals surface area contributed by atoms with Gasteiger partial charge in [-0.15, -0.1) is 0 Å². The number of carbonyl (C=O) groups is 2. The SMILES string of the molecule is C[C@@H]1CC[C@H]2[C@@H](C(=O)[C@H](C)CCC1=O)C2(C)C. The summed E-state index contributed by atoms with van der Waals surface area (Å²) in [6.07, 6.45) is 3.35. The van der Waals surface area contributed by atoms with Crippen molar-refractivity contribution in [2.45, 2.75) is 53.4 Å². The Morgan fingerprint density at radius 2 is 1.65 bits per heavy atom. The van der Waals surface area contributed by atoms with Crippen LogP contribution in [-0.4, -0.2) is 11.6 Å². The molecule has 0 aromatic rings. The zero-order valence-electron chi connectivity index (χ0n) is 11.5. The standard InChI is InChI=1S/C15H24O2/c1-9-5-7-11-13(15(11,3)4)14(17)10(2)6-8-12(9)16/h9-11,13H,5-8H2,1-4H3/t9-,10-,11+,13+/m1/s1. The maximum Gasteiger partial charge on any atom is 0.139 e. The number of hydrogen-bond acceptors (Lipinski definition) is 2. The Labute approximate surface area is 104 Å². The highest BCUT2D eigenvalue weighted by Gasteiger charge is 2.61. The second-order valence-electron chi connectivity index (χ2n) is 6.69. The van der Waals surface area contributed by atoms with E-state index < -0.39 is 0 Å². The third kappa shape index (κ3) is 2.19. The largest absolute Gasteiger partial charge is 0.299 e. The van der Waals surface area contributed by atoms with E-state index in [0.717, 1.165) is 19.3 Å². The van der Waals surface area contributed by atoms with Crippen LogP contribution in [0.25, 0.3) is 0 Å². The molecule has 2 aliphatic carbocycles. The van der Waals surface area contributed by atoms with Crippen molar-refractivity contribution in [2.24, 2.45) is 29.1 Å². The van der Waals surface area contributed by atoms with Gasteiger partial charge in [0, 0.05) is 24.2 Å². The summed E-state index contributed by atoms with van der Waals surface area (Å²) in [7, 11) is 0. The third-order valence-electron chi connectivity index (χ3n) is 5.13. The summed E-state index contributed by atoms with van der Waals surface area (Å²) < 4.78 is 0. The number of hydrogen-bond donors (Lipinski definition) is 0. The first-order chi connectivity index (χ1) is 7.85. The number of Topliss-reactive ketones (excluding diaryl/α,β-unsaturated/α-hetero) is 2. The van der Waals surface area contributed by atoms with Crippen LogP contribution >= 0.6 is 0 Å². The first-order valence-electron chi connectivity index (χ1n) is 6.92. The molecule has 2 aliphatic rings. The van der Waals surface area contributed by atoms with Crippen molar-refractivity contribution in [3.05, 3.63) is 0 Å². The molecule has 0 spiro atoms. The molecule has 2 saturated carbocycles. The van der Waals surface area contributed by atoms with Gasteiger partial charge in [-0.3, -0.25) is 9.59 Å². The van der Waals surface area contributed by atoms with Gasteiger partial charge < -0.3 is 0 Å². The molecular weight excluding hydrogens is 212 g/mol. The van der Waals surface area contributed by atoms with Crippen molar-refractivity contribution in [3.8, 4) is 0 Å². The zero-order chi connectivity index (χ0) is 12.8. The van der Waals surface area contributed by atoms with Crippen LogP contribution in [0.2, 0.25) is 0 Å². The predicted octanol–water partition coefficient (Wildman–Crippen LogP) is 3.24. The third-order valence-corrected chi connectivity index (χ3v) is 5.13. The molecule has 0 aliphatic heterocycles. The van der Waals surface area contributed by atoms with Crippen LogP contribution in [-0.2, 0) is 9.59 Å². The lowest BCUT2D eigenvalue weighted by Crippen LogP contribution is -2.20. The predicted molar refractivity (Wildman–Crippen MR) is 67.6 cm³/mol. The number of rotatable bonds is 0. The van der Waals surface area contributed by atoms with Crippen molar-refractivity contribution in [1.82, 2.24) is 0 Å². The Morgan fingerprint density at radius 3 is 2.29 bits per heavy atom. The minimum Gasteiger partial charge on any atom is -0.299 e. The molecule has 0 bridgehead atoms. The molecule has 4 atom stereocenters. The Hall–Kier alpha value is -0.660. The van der Waals surface area contributed by atoms with Gasteiger partial charge in [-0.25, -0.2) is 0 Å². The fourth-order valence-corrected chi connectivity index (χ4v) is 3.49. The molecule has 0 amide bonds. The minimum absolute atomic E-state index is 0.0681. The van der Waals surface area contributed by atoms with E-state index >= 15 is 0 Å². The maximum atomic E-state index is 12.3. The van der Waals surface area contributed by atoms with Gasteiger partial charge >= 0.3 is 0 Å². The van der Waals surface area contributed by atoms with Crippen molar-refractivity contribution >= 4 is 11.6 Å².